The fourth-order valence-corrected chi connectivity index (χ4v) is 3.39. The van der Waals surface area contributed by atoms with Crippen molar-refractivity contribution in [2.24, 2.45) is 10.8 Å². The van der Waals surface area contributed by atoms with Crippen molar-refractivity contribution in [2.45, 2.75) is 13.0 Å². The summed E-state index contributed by atoms with van der Waals surface area (Å²) in [6, 6.07) is 11.2. The van der Waals surface area contributed by atoms with Crippen LogP contribution in [0, 0.1) is 6.92 Å². The zero-order valence-corrected chi connectivity index (χ0v) is 17.5. The van der Waals surface area contributed by atoms with Gasteiger partial charge in [-0.1, -0.05) is 36.3 Å². The topological polar surface area (TPSA) is 90.8 Å². The van der Waals surface area contributed by atoms with E-state index in [2.05, 4.69) is 21.5 Å². The second-order valence-electron chi connectivity index (χ2n) is 7.18. The summed E-state index contributed by atoms with van der Waals surface area (Å²) in [6.07, 6.45) is 3.16. The SMILES string of the molecule is [B]c1cccc([C@@H]2OCCN(N)C2=NC(=C)c2ccc(-n3cnc(C)c3)c(OC)n2)c1. The second-order valence-corrected chi connectivity index (χ2v) is 7.18. The third kappa shape index (κ3) is 4.37. The van der Waals surface area contributed by atoms with Gasteiger partial charge in [-0.05, 0) is 24.6 Å². The van der Waals surface area contributed by atoms with Crippen LogP contribution in [0.15, 0.2) is 60.5 Å². The lowest BCUT2D eigenvalue weighted by Crippen LogP contribution is -2.48. The Bertz CT molecular complexity index is 1140. The van der Waals surface area contributed by atoms with Crippen LogP contribution in [0.3, 0.4) is 0 Å². The molecule has 1 aliphatic heterocycles. The molecule has 4 rings (SSSR count). The van der Waals surface area contributed by atoms with E-state index in [4.69, 9.17) is 23.2 Å². The van der Waals surface area contributed by atoms with Crippen LogP contribution in [-0.4, -0.2) is 53.5 Å². The predicted octanol–water partition coefficient (Wildman–Crippen LogP) is 1.69. The molecule has 1 fully saturated rings. The van der Waals surface area contributed by atoms with E-state index in [1.54, 1.807) is 18.4 Å². The lowest BCUT2D eigenvalue weighted by Gasteiger charge is -2.33. The Balaban J connectivity index is 1.67. The van der Waals surface area contributed by atoms with Crippen LogP contribution in [0.25, 0.3) is 11.4 Å². The van der Waals surface area contributed by atoms with E-state index < -0.39 is 6.10 Å². The van der Waals surface area contributed by atoms with E-state index in [1.807, 2.05) is 54.1 Å². The minimum absolute atomic E-state index is 0.438. The molecule has 2 N–H and O–H groups in total. The van der Waals surface area contributed by atoms with Crippen LogP contribution in [0.4, 0.5) is 0 Å². The maximum absolute atomic E-state index is 6.22. The molecule has 1 saturated heterocycles. The number of hydrazine groups is 1. The van der Waals surface area contributed by atoms with Crippen molar-refractivity contribution in [3.05, 3.63) is 72.5 Å². The number of aryl methyl sites for hydroxylation is 1. The van der Waals surface area contributed by atoms with Gasteiger partial charge in [0.05, 0.1) is 43.7 Å². The Kier molecular flexibility index (Phi) is 5.88. The first-order valence-corrected chi connectivity index (χ1v) is 9.79. The summed E-state index contributed by atoms with van der Waals surface area (Å²) >= 11 is 0. The summed E-state index contributed by atoms with van der Waals surface area (Å²) in [6.45, 7) is 7.01. The monoisotopic (exact) mass is 414 g/mol. The third-order valence-corrected chi connectivity index (χ3v) is 4.93. The Morgan fingerprint density at radius 3 is 2.90 bits per heavy atom. The Morgan fingerprint density at radius 1 is 1.35 bits per heavy atom. The Labute approximate surface area is 182 Å². The highest BCUT2D eigenvalue weighted by molar-refractivity contribution is 6.32. The summed E-state index contributed by atoms with van der Waals surface area (Å²) in [5.41, 5.74) is 4.19. The van der Waals surface area contributed by atoms with Crippen molar-refractivity contribution in [1.29, 1.82) is 0 Å². The highest BCUT2D eigenvalue weighted by atomic mass is 16.5. The summed E-state index contributed by atoms with van der Waals surface area (Å²) < 4.78 is 13.3. The minimum atomic E-state index is -0.450. The Hall–Kier alpha value is -3.43. The van der Waals surface area contributed by atoms with Gasteiger partial charge in [0.2, 0.25) is 5.88 Å². The van der Waals surface area contributed by atoms with Crippen molar-refractivity contribution < 1.29 is 9.47 Å². The minimum Gasteiger partial charge on any atom is -0.479 e. The highest BCUT2D eigenvalue weighted by Crippen LogP contribution is 2.27. The molecular formula is C22H23BN6O2. The molecule has 0 bridgehead atoms. The van der Waals surface area contributed by atoms with Crippen molar-refractivity contribution in [3.8, 4) is 11.6 Å². The summed E-state index contributed by atoms with van der Waals surface area (Å²) in [5.74, 6) is 7.20. The third-order valence-electron chi connectivity index (χ3n) is 4.93. The van der Waals surface area contributed by atoms with Gasteiger partial charge in [0.25, 0.3) is 0 Å². The van der Waals surface area contributed by atoms with E-state index >= 15 is 0 Å². The van der Waals surface area contributed by atoms with Crippen LogP contribution >= 0.6 is 0 Å². The lowest BCUT2D eigenvalue weighted by atomic mass is 9.92. The Morgan fingerprint density at radius 2 is 2.19 bits per heavy atom. The summed E-state index contributed by atoms with van der Waals surface area (Å²) in [7, 11) is 7.52. The first kappa shape index (κ1) is 20.8. The molecule has 3 aromatic rings. The standard InChI is InChI=1S/C22H23BN6O2/c1-14-12-28(13-25-14)19-8-7-18(27-22(19)30-3)15(2)26-21-20(31-10-9-29(21)24)16-5-4-6-17(23)11-16/h4-8,11-13,20H,2,9-10,24H2,1,3H3/t20-/m0/s1. The van der Waals surface area contributed by atoms with E-state index in [0.29, 0.717) is 41.7 Å². The number of nitrogens with zero attached hydrogens (tertiary/aromatic N) is 5. The molecule has 0 saturated carbocycles. The van der Waals surface area contributed by atoms with Crippen LogP contribution in [-0.2, 0) is 4.74 Å². The lowest BCUT2D eigenvalue weighted by molar-refractivity contribution is 0.0506. The maximum atomic E-state index is 6.22. The molecule has 0 amide bonds. The van der Waals surface area contributed by atoms with Gasteiger partial charge in [-0.15, -0.1) is 0 Å². The van der Waals surface area contributed by atoms with E-state index in [9.17, 15) is 0 Å². The van der Waals surface area contributed by atoms with Crippen molar-refractivity contribution >= 4 is 24.8 Å². The number of rotatable bonds is 5. The number of amidine groups is 1. The van der Waals surface area contributed by atoms with Gasteiger partial charge in [-0.2, -0.15) is 0 Å². The van der Waals surface area contributed by atoms with Crippen molar-refractivity contribution in [1.82, 2.24) is 19.5 Å². The number of aromatic nitrogens is 3. The number of pyridine rings is 1. The first-order chi connectivity index (χ1) is 15.0. The molecular weight excluding hydrogens is 391 g/mol. The normalized spacial score (nSPS) is 17.7. The van der Waals surface area contributed by atoms with Gasteiger partial charge >= 0.3 is 0 Å². The molecule has 0 aliphatic carbocycles. The molecule has 1 aromatic carbocycles. The molecule has 0 spiro atoms. The number of imidazole rings is 1. The first-order valence-electron chi connectivity index (χ1n) is 9.79. The number of morpholine rings is 1. The van der Waals surface area contributed by atoms with Gasteiger partial charge in [-0.25, -0.2) is 20.8 Å². The average molecular weight is 414 g/mol. The number of nitrogens with two attached hydrogens (primary N) is 1. The number of ether oxygens (including phenoxy) is 2. The van der Waals surface area contributed by atoms with E-state index in [-0.39, 0.29) is 0 Å². The zero-order chi connectivity index (χ0) is 22.0. The number of hydrogen-bond acceptors (Lipinski definition) is 6. The van der Waals surface area contributed by atoms with E-state index in [0.717, 1.165) is 16.9 Å². The molecule has 1 aliphatic rings. The predicted molar refractivity (Wildman–Crippen MR) is 121 cm³/mol. The summed E-state index contributed by atoms with van der Waals surface area (Å²) in [5, 5.41) is 1.57. The quantitative estimate of drug-likeness (QED) is 0.505. The molecule has 156 valence electrons. The maximum Gasteiger partial charge on any atom is 0.238 e. The van der Waals surface area contributed by atoms with Crippen LogP contribution in [0.5, 0.6) is 5.88 Å². The van der Waals surface area contributed by atoms with Gasteiger partial charge in [0.1, 0.15) is 19.6 Å². The van der Waals surface area contributed by atoms with Gasteiger partial charge in [0.15, 0.2) is 5.84 Å². The van der Waals surface area contributed by atoms with Crippen molar-refractivity contribution in [3.63, 3.8) is 0 Å². The van der Waals surface area contributed by atoms with Gasteiger partial charge < -0.3 is 14.0 Å². The molecule has 3 heterocycles. The van der Waals surface area contributed by atoms with E-state index in [1.165, 1.54) is 0 Å². The average Bonchev–Trinajstić information content (AvgIpc) is 3.20. The van der Waals surface area contributed by atoms with Crippen LogP contribution in [0.1, 0.15) is 23.1 Å². The van der Waals surface area contributed by atoms with Gasteiger partial charge in [-0.3, -0.25) is 5.01 Å². The van der Waals surface area contributed by atoms with Gasteiger partial charge in [0, 0.05) is 6.20 Å². The molecule has 9 heteroatoms. The smallest absolute Gasteiger partial charge is 0.238 e. The molecule has 2 aromatic heterocycles. The second kappa shape index (κ2) is 8.75. The molecule has 8 nitrogen and oxygen atoms in total. The fourth-order valence-electron chi connectivity index (χ4n) is 3.39. The molecule has 2 radical (unpaired) electrons. The number of methoxy groups -OCH3 is 1. The zero-order valence-electron chi connectivity index (χ0n) is 17.5. The number of aliphatic imine (C=N–C) groups is 1. The van der Waals surface area contributed by atoms with Crippen LogP contribution < -0.4 is 16.0 Å². The fraction of sp³-hybridized carbons (Fsp3) is 0.227. The largest absolute Gasteiger partial charge is 0.479 e. The number of benzene rings is 1. The summed E-state index contributed by atoms with van der Waals surface area (Å²) in [4.78, 5) is 13.5. The van der Waals surface area contributed by atoms with Crippen LogP contribution in [0.2, 0.25) is 0 Å². The molecule has 31 heavy (non-hydrogen) atoms. The molecule has 0 unspecified atom stereocenters. The molecule has 1 atom stereocenters. The highest BCUT2D eigenvalue weighted by Gasteiger charge is 2.28. The van der Waals surface area contributed by atoms with Crippen molar-refractivity contribution in [2.75, 3.05) is 20.3 Å². The number of hydrogen-bond donors (Lipinski definition) is 1.